The zero-order valence-corrected chi connectivity index (χ0v) is 12.8. The maximum atomic E-state index is 6.11. The Morgan fingerprint density at radius 3 is 2.75 bits per heavy atom. The molecule has 1 aliphatic heterocycles. The lowest BCUT2D eigenvalue weighted by Crippen LogP contribution is -2.57. The van der Waals surface area contributed by atoms with Crippen LogP contribution in [0.3, 0.4) is 0 Å². The lowest BCUT2D eigenvalue weighted by atomic mass is 9.90. The van der Waals surface area contributed by atoms with Gasteiger partial charge >= 0.3 is 0 Å². The van der Waals surface area contributed by atoms with Gasteiger partial charge in [-0.05, 0) is 31.7 Å². The Bertz CT molecular complexity index is 395. The van der Waals surface area contributed by atoms with E-state index < -0.39 is 0 Å². The third-order valence-electron chi connectivity index (χ3n) is 4.59. The summed E-state index contributed by atoms with van der Waals surface area (Å²) in [4.78, 5) is 2.54. The van der Waals surface area contributed by atoms with E-state index in [1.165, 1.54) is 5.56 Å². The van der Waals surface area contributed by atoms with Crippen molar-refractivity contribution < 1.29 is 4.74 Å². The second kappa shape index (κ2) is 7.21. The van der Waals surface area contributed by atoms with E-state index in [-0.39, 0.29) is 5.54 Å². The zero-order chi connectivity index (χ0) is 14.4. The number of benzene rings is 1. The van der Waals surface area contributed by atoms with Crippen molar-refractivity contribution >= 4 is 0 Å². The first-order valence-corrected chi connectivity index (χ1v) is 7.78. The second-order valence-electron chi connectivity index (χ2n) is 6.03. The van der Waals surface area contributed by atoms with Gasteiger partial charge in [0.05, 0.1) is 12.7 Å². The number of rotatable bonds is 6. The SMILES string of the molecule is CCC1CN(C(C)(CN)CCc2ccccc2)CCO1. The topological polar surface area (TPSA) is 38.5 Å². The molecule has 0 aliphatic carbocycles. The van der Waals surface area contributed by atoms with E-state index in [0.717, 1.165) is 39.0 Å². The van der Waals surface area contributed by atoms with Crippen LogP contribution < -0.4 is 5.73 Å². The molecular formula is C17H28N2O. The van der Waals surface area contributed by atoms with E-state index in [4.69, 9.17) is 10.5 Å². The Morgan fingerprint density at radius 2 is 2.10 bits per heavy atom. The van der Waals surface area contributed by atoms with Crippen LogP contribution in [-0.4, -0.2) is 42.8 Å². The van der Waals surface area contributed by atoms with Crippen molar-refractivity contribution in [3.05, 3.63) is 35.9 Å². The molecule has 0 bridgehead atoms. The van der Waals surface area contributed by atoms with Gasteiger partial charge in [-0.15, -0.1) is 0 Å². The molecular weight excluding hydrogens is 248 g/mol. The van der Waals surface area contributed by atoms with Gasteiger partial charge in [-0.25, -0.2) is 0 Å². The first kappa shape index (κ1) is 15.5. The first-order chi connectivity index (χ1) is 9.68. The minimum atomic E-state index is 0.0764. The largest absolute Gasteiger partial charge is 0.376 e. The average molecular weight is 276 g/mol. The number of nitrogens with two attached hydrogens (primary N) is 1. The summed E-state index contributed by atoms with van der Waals surface area (Å²) in [5.41, 5.74) is 7.58. The zero-order valence-electron chi connectivity index (χ0n) is 12.8. The van der Waals surface area contributed by atoms with Crippen molar-refractivity contribution in [3.63, 3.8) is 0 Å². The van der Waals surface area contributed by atoms with Crippen molar-refractivity contribution in [2.75, 3.05) is 26.2 Å². The summed E-state index contributed by atoms with van der Waals surface area (Å²) in [6, 6.07) is 10.7. The van der Waals surface area contributed by atoms with Crippen LogP contribution in [0.1, 0.15) is 32.3 Å². The Kier molecular flexibility index (Phi) is 5.58. The molecule has 2 rings (SSSR count). The molecule has 1 aromatic rings. The van der Waals surface area contributed by atoms with Crippen LogP contribution in [0.15, 0.2) is 30.3 Å². The Hall–Kier alpha value is -0.900. The highest BCUT2D eigenvalue weighted by Gasteiger charge is 2.33. The normalized spacial score (nSPS) is 23.4. The molecule has 0 spiro atoms. The van der Waals surface area contributed by atoms with Crippen LogP contribution in [0.5, 0.6) is 0 Å². The minimum Gasteiger partial charge on any atom is -0.376 e. The van der Waals surface area contributed by atoms with Gasteiger partial charge in [-0.2, -0.15) is 0 Å². The predicted molar refractivity (Wildman–Crippen MR) is 83.8 cm³/mol. The second-order valence-corrected chi connectivity index (χ2v) is 6.03. The highest BCUT2D eigenvalue weighted by Crippen LogP contribution is 2.24. The third-order valence-corrected chi connectivity index (χ3v) is 4.59. The van der Waals surface area contributed by atoms with Gasteiger partial charge in [-0.1, -0.05) is 37.3 Å². The van der Waals surface area contributed by atoms with Crippen molar-refractivity contribution in [1.29, 1.82) is 0 Å². The van der Waals surface area contributed by atoms with E-state index in [2.05, 4.69) is 49.1 Å². The molecule has 3 heteroatoms. The van der Waals surface area contributed by atoms with Crippen LogP contribution in [0.4, 0.5) is 0 Å². The highest BCUT2D eigenvalue weighted by molar-refractivity contribution is 5.15. The molecule has 2 atom stereocenters. The Labute approximate surface area is 123 Å². The van der Waals surface area contributed by atoms with Gasteiger partial charge < -0.3 is 10.5 Å². The smallest absolute Gasteiger partial charge is 0.0700 e. The molecule has 0 amide bonds. The molecule has 20 heavy (non-hydrogen) atoms. The van der Waals surface area contributed by atoms with Crippen LogP contribution in [0.25, 0.3) is 0 Å². The lowest BCUT2D eigenvalue weighted by molar-refractivity contribution is -0.0666. The number of morpholine rings is 1. The van der Waals surface area contributed by atoms with Crippen molar-refractivity contribution in [1.82, 2.24) is 4.90 Å². The molecule has 1 heterocycles. The molecule has 1 aliphatic rings. The summed E-state index contributed by atoms with van der Waals surface area (Å²) in [6.45, 7) is 8.04. The van der Waals surface area contributed by atoms with Gasteiger partial charge in [0, 0.05) is 25.2 Å². The summed E-state index contributed by atoms with van der Waals surface area (Å²) in [5.74, 6) is 0. The molecule has 0 saturated carbocycles. The van der Waals surface area contributed by atoms with E-state index in [1.54, 1.807) is 0 Å². The Morgan fingerprint density at radius 1 is 1.35 bits per heavy atom. The summed E-state index contributed by atoms with van der Waals surface area (Å²) in [5, 5.41) is 0. The summed E-state index contributed by atoms with van der Waals surface area (Å²) >= 11 is 0. The van der Waals surface area contributed by atoms with Crippen molar-refractivity contribution in [3.8, 4) is 0 Å². The van der Waals surface area contributed by atoms with Gasteiger partial charge in [0.1, 0.15) is 0 Å². The quantitative estimate of drug-likeness (QED) is 0.867. The fraction of sp³-hybridized carbons (Fsp3) is 0.647. The highest BCUT2D eigenvalue weighted by atomic mass is 16.5. The van der Waals surface area contributed by atoms with Crippen LogP contribution in [0, 0.1) is 0 Å². The van der Waals surface area contributed by atoms with E-state index >= 15 is 0 Å². The van der Waals surface area contributed by atoms with Gasteiger partial charge in [0.15, 0.2) is 0 Å². The van der Waals surface area contributed by atoms with Crippen LogP contribution in [0.2, 0.25) is 0 Å². The third kappa shape index (κ3) is 3.81. The first-order valence-electron chi connectivity index (χ1n) is 7.78. The molecule has 0 aromatic heterocycles. The maximum Gasteiger partial charge on any atom is 0.0700 e. The molecule has 2 unspecified atom stereocenters. The summed E-state index contributed by atoms with van der Waals surface area (Å²) in [7, 11) is 0. The number of hydrogen-bond acceptors (Lipinski definition) is 3. The van der Waals surface area contributed by atoms with Gasteiger partial charge in [-0.3, -0.25) is 4.90 Å². The van der Waals surface area contributed by atoms with Crippen LogP contribution in [-0.2, 0) is 11.2 Å². The fourth-order valence-electron chi connectivity index (χ4n) is 2.90. The number of ether oxygens (including phenoxy) is 1. The minimum absolute atomic E-state index is 0.0764. The van der Waals surface area contributed by atoms with Gasteiger partial charge in [0.25, 0.3) is 0 Å². The number of nitrogens with zero attached hydrogens (tertiary/aromatic N) is 1. The van der Waals surface area contributed by atoms with Gasteiger partial charge in [0.2, 0.25) is 0 Å². The maximum absolute atomic E-state index is 6.11. The summed E-state index contributed by atoms with van der Waals surface area (Å²) < 4.78 is 5.78. The standard InChI is InChI=1S/C17H28N2O/c1-3-16-13-19(11-12-20-16)17(2,14-18)10-9-15-7-5-4-6-8-15/h4-8,16H,3,9-14,18H2,1-2H3. The van der Waals surface area contributed by atoms with Crippen LogP contribution >= 0.6 is 0 Å². The monoisotopic (exact) mass is 276 g/mol. The summed E-state index contributed by atoms with van der Waals surface area (Å²) in [6.07, 6.45) is 3.63. The molecule has 1 fully saturated rings. The molecule has 112 valence electrons. The van der Waals surface area contributed by atoms with E-state index in [0.29, 0.717) is 12.6 Å². The lowest BCUT2D eigenvalue weighted by Gasteiger charge is -2.45. The number of hydrogen-bond donors (Lipinski definition) is 1. The molecule has 1 aromatic carbocycles. The van der Waals surface area contributed by atoms with Crippen molar-refractivity contribution in [2.45, 2.75) is 44.8 Å². The molecule has 3 nitrogen and oxygen atoms in total. The van der Waals surface area contributed by atoms with E-state index in [1.807, 2.05) is 0 Å². The van der Waals surface area contributed by atoms with E-state index in [9.17, 15) is 0 Å². The average Bonchev–Trinajstić information content (AvgIpc) is 2.53. The fourth-order valence-corrected chi connectivity index (χ4v) is 2.90. The molecule has 0 radical (unpaired) electrons. The number of aryl methyl sites for hydroxylation is 1. The molecule has 1 saturated heterocycles. The molecule has 2 N–H and O–H groups in total. The Balaban J connectivity index is 1.97. The predicted octanol–water partition coefficient (Wildman–Crippen LogP) is 2.45. The van der Waals surface area contributed by atoms with Crippen molar-refractivity contribution in [2.24, 2.45) is 5.73 Å².